The number of halogens is 1. The van der Waals surface area contributed by atoms with Crippen molar-refractivity contribution in [3.63, 3.8) is 0 Å². The zero-order valence-electron chi connectivity index (χ0n) is 19.7. The number of methoxy groups -OCH3 is 1. The first-order chi connectivity index (χ1) is 16.7. The molecule has 8 nitrogen and oxygen atoms in total. The average molecular weight is 542 g/mol. The summed E-state index contributed by atoms with van der Waals surface area (Å²) in [5, 5.41) is 14.3. The monoisotopic (exact) mass is 541 g/mol. The van der Waals surface area contributed by atoms with E-state index in [1.165, 1.54) is 6.92 Å². The van der Waals surface area contributed by atoms with Crippen molar-refractivity contribution in [3.8, 4) is 11.5 Å². The van der Waals surface area contributed by atoms with E-state index in [9.17, 15) is 14.7 Å². The smallest absolute Gasteiger partial charge is 0.253 e. The molecule has 1 heterocycles. The molecule has 9 heteroatoms. The second-order valence-corrected chi connectivity index (χ2v) is 9.61. The zero-order valence-corrected chi connectivity index (χ0v) is 21.3. The number of nitrogens with zero attached hydrogens (tertiary/aromatic N) is 1. The van der Waals surface area contributed by atoms with E-state index in [2.05, 4.69) is 21.2 Å². The zero-order chi connectivity index (χ0) is 25.3. The minimum Gasteiger partial charge on any atom is -0.496 e. The molecule has 4 rings (SSSR count). The number of nitrogens with one attached hydrogen (secondary N) is 1. The fraction of sp³-hybridized carbons (Fsp3) is 0.308. The molecule has 4 N–H and O–H groups in total. The van der Waals surface area contributed by atoms with Crippen LogP contribution in [0.5, 0.6) is 11.5 Å². The Morgan fingerprint density at radius 2 is 2.03 bits per heavy atom. The van der Waals surface area contributed by atoms with Crippen LogP contribution in [0.25, 0.3) is 10.8 Å². The van der Waals surface area contributed by atoms with E-state index >= 15 is 0 Å². The minimum absolute atomic E-state index is 0.0636. The summed E-state index contributed by atoms with van der Waals surface area (Å²) >= 11 is 3.51. The summed E-state index contributed by atoms with van der Waals surface area (Å²) in [6.07, 6.45) is -1.06. The quantitative estimate of drug-likeness (QED) is 0.442. The second-order valence-electron chi connectivity index (χ2n) is 8.69. The molecule has 1 aliphatic rings. The Morgan fingerprint density at radius 3 is 2.74 bits per heavy atom. The Kier molecular flexibility index (Phi) is 7.30. The van der Waals surface area contributed by atoms with Crippen molar-refractivity contribution in [1.82, 2.24) is 5.32 Å². The van der Waals surface area contributed by atoms with Crippen LogP contribution in [0.3, 0.4) is 0 Å². The van der Waals surface area contributed by atoms with Gasteiger partial charge in [-0.2, -0.15) is 0 Å². The second kappa shape index (κ2) is 10.2. The Balaban J connectivity index is 1.74. The van der Waals surface area contributed by atoms with Gasteiger partial charge in [0.25, 0.3) is 5.91 Å². The van der Waals surface area contributed by atoms with Crippen molar-refractivity contribution >= 4 is 44.2 Å². The highest BCUT2D eigenvalue weighted by molar-refractivity contribution is 9.10. The Labute approximate surface area is 212 Å². The molecule has 0 bridgehead atoms. The molecule has 184 valence electrons. The van der Waals surface area contributed by atoms with Crippen LogP contribution in [0.4, 0.5) is 5.69 Å². The van der Waals surface area contributed by atoms with Gasteiger partial charge in [-0.05, 0) is 66.6 Å². The Bertz CT molecular complexity index is 1280. The molecule has 0 radical (unpaired) electrons. The maximum Gasteiger partial charge on any atom is 0.253 e. The SMILES string of the molecule is COc1cc2ccc(Br)cc2cc1CN1C(=O)C(NC(=O)[C@@H](N)[C@H](C)O)COc2cc(C)ccc21. The van der Waals surface area contributed by atoms with Gasteiger partial charge in [-0.3, -0.25) is 9.59 Å². The number of hydrogen-bond acceptors (Lipinski definition) is 6. The summed E-state index contributed by atoms with van der Waals surface area (Å²) in [5.41, 5.74) is 8.14. The van der Waals surface area contributed by atoms with Gasteiger partial charge in [-0.25, -0.2) is 0 Å². The van der Waals surface area contributed by atoms with Crippen molar-refractivity contribution in [1.29, 1.82) is 0 Å². The molecule has 0 saturated heterocycles. The van der Waals surface area contributed by atoms with Crippen molar-refractivity contribution in [2.24, 2.45) is 5.73 Å². The molecule has 0 aromatic heterocycles. The molecule has 2 amide bonds. The number of aliphatic hydroxyl groups excluding tert-OH is 1. The Morgan fingerprint density at radius 1 is 1.26 bits per heavy atom. The number of ether oxygens (including phenoxy) is 2. The summed E-state index contributed by atoms with van der Waals surface area (Å²) in [6, 6.07) is 13.3. The molecule has 3 atom stereocenters. The van der Waals surface area contributed by atoms with Crippen LogP contribution in [0, 0.1) is 6.92 Å². The number of fused-ring (bicyclic) bond motifs is 2. The molecule has 3 aromatic rings. The fourth-order valence-electron chi connectivity index (χ4n) is 4.04. The van der Waals surface area contributed by atoms with Gasteiger partial charge in [0, 0.05) is 10.0 Å². The van der Waals surface area contributed by atoms with E-state index in [-0.39, 0.29) is 19.1 Å². The van der Waals surface area contributed by atoms with Crippen molar-refractivity contribution < 1.29 is 24.2 Å². The highest BCUT2D eigenvalue weighted by atomic mass is 79.9. The maximum absolute atomic E-state index is 13.7. The predicted octanol–water partition coefficient (Wildman–Crippen LogP) is 3.04. The van der Waals surface area contributed by atoms with Crippen LogP contribution in [-0.4, -0.2) is 48.8 Å². The number of nitrogens with two attached hydrogens (primary N) is 1. The number of carbonyl (C=O) groups excluding carboxylic acids is 2. The van der Waals surface area contributed by atoms with Crippen LogP contribution in [0.2, 0.25) is 0 Å². The third-order valence-electron chi connectivity index (χ3n) is 6.04. The molecule has 0 aliphatic carbocycles. The third kappa shape index (κ3) is 5.27. The number of hydrogen-bond donors (Lipinski definition) is 3. The standard InChI is InChI=1S/C26H28BrN3O5/c1-14-4-7-21-23(8-14)35-13-20(29-25(32)24(28)15(2)31)26(33)30(21)12-18-9-17-10-19(27)6-5-16(17)11-22(18)34-3/h4-11,15,20,24,31H,12-13,28H2,1-3H3,(H,29,32)/t15-,20?,24-/m0/s1. The van der Waals surface area contributed by atoms with Crippen molar-refractivity contribution in [2.45, 2.75) is 38.6 Å². The summed E-state index contributed by atoms with van der Waals surface area (Å²) in [4.78, 5) is 27.8. The highest BCUT2D eigenvalue weighted by Crippen LogP contribution is 2.36. The fourth-order valence-corrected chi connectivity index (χ4v) is 4.42. The lowest BCUT2D eigenvalue weighted by Crippen LogP contribution is -2.56. The van der Waals surface area contributed by atoms with Crippen LogP contribution in [-0.2, 0) is 16.1 Å². The number of aryl methyl sites for hydroxylation is 1. The van der Waals surface area contributed by atoms with Crippen molar-refractivity contribution in [2.75, 3.05) is 18.6 Å². The van der Waals surface area contributed by atoms with E-state index in [1.807, 2.05) is 55.5 Å². The van der Waals surface area contributed by atoms with Gasteiger partial charge in [-0.15, -0.1) is 0 Å². The van der Waals surface area contributed by atoms with Gasteiger partial charge >= 0.3 is 0 Å². The lowest BCUT2D eigenvalue weighted by molar-refractivity contribution is -0.130. The number of amides is 2. The molecular formula is C26H28BrN3O5. The number of rotatable bonds is 6. The first kappa shape index (κ1) is 25.0. The van der Waals surface area contributed by atoms with Crippen molar-refractivity contribution in [3.05, 3.63) is 64.1 Å². The average Bonchev–Trinajstić information content (AvgIpc) is 2.94. The number of anilines is 1. The van der Waals surface area contributed by atoms with Crippen LogP contribution in [0.1, 0.15) is 18.1 Å². The van der Waals surface area contributed by atoms with Gasteiger partial charge < -0.3 is 30.5 Å². The number of aliphatic hydroxyl groups is 1. The van der Waals surface area contributed by atoms with Gasteiger partial charge in [-0.1, -0.05) is 28.1 Å². The lowest BCUT2D eigenvalue weighted by Gasteiger charge is -2.26. The van der Waals surface area contributed by atoms with E-state index in [1.54, 1.807) is 12.0 Å². The lowest BCUT2D eigenvalue weighted by atomic mass is 10.0. The van der Waals surface area contributed by atoms with Crippen LogP contribution < -0.4 is 25.4 Å². The van der Waals surface area contributed by atoms with E-state index < -0.39 is 24.1 Å². The van der Waals surface area contributed by atoms with E-state index in [4.69, 9.17) is 15.2 Å². The van der Waals surface area contributed by atoms with E-state index in [0.717, 1.165) is 26.4 Å². The van der Waals surface area contributed by atoms with Gasteiger partial charge in [0.1, 0.15) is 30.2 Å². The summed E-state index contributed by atoms with van der Waals surface area (Å²) in [5.74, 6) is 0.202. The topological polar surface area (TPSA) is 114 Å². The predicted molar refractivity (Wildman–Crippen MR) is 138 cm³/mol. The molecule has 0 fully saturated rings. The molecular weight excluding hydrogens is 514 g/mol. The minimum atomic E-state index is -1.16. The molecule has 0 saturated carbocycles. The third-order valence-corrected chi connectivity index (χ3v) is 6.54. The first-order valence-electron chi connectivity index (χ1n) is 11.2. The largest absolute Gasteiger partial charge is 0.496 e. The Hall–Kier alpha value is -3.14. The van der Waals surface area contributed by atoms with E-state index in [0.29, 0.717) is 17.2 Å². The molecule has 3 aromatic carbocycles. The van der Waals surface area contributed by atoms with Gasteiger partial charge in [0.05, 0.1) is 25.4 Å². The summed E-state index contributed by atoms with van der Waals surface area (Å²) in [7, 11) is 1.59. The number of benzene rings is 3. The van der Waals surface area contributed by atoms with Gasteiger partial charge in [0.15, 0.2) is 0 Å². The molecule has 1 aliphatic heterocycles. The van der Waals surface area contributed by atoms with Crippen LogP contribution in [0.15, 0.2) is 53.0 Å². The highest BCUT2D eigenvalue weighted by Gasteiger charge is 2.34. The summed E-state index contributed by atoms with van der Waals surface area (Å²) in [6.45, 7) is 3.49. The van der Waals surface area contributed by atoms with Crippen LogP contribution >= 0.6 is 15.9 Å². The van der Waals surface area contributed by atoms with Gasteiger partial charge in [0.2, 0.25) is 5.91 Å². The molecule has 1 unspecified atom stereocenters. The molecule has 0 spiro atoms. The normalized spacial score (nSPS) is 17.3. The maximum atomic E-state index is 13.7. The summed E-state index contributed by atoms with van der Waals surface area (Å²) < 4.78 is 12.5. The first-order valence-corrected chi connectivity index (χ1v) is 12.0. The molecule has 35 heavy (non-hydrogen) atoms. The number of carbonyl (C=O) groups is 2.